The molecule has 0 atom stereocenters. The Morgan fingerprint density at radius 3 is 2.32 bits per heavy atom. The first-order valence-electron chi connectivity index (χ1n) is 8.92. The van der Waals surface area contributed by atoms with Gasteiger partial charge in [-0.15, -0.1) is 0 Å². The quantitative estimate of drug-likeness (QED) is 0.369. The van der Waals surface area contributed by atoms with Gasteiger partial charge < -0.3 is 9.72 Å². The van der Waals surface area contributed by atoms with E-state index in [4.69, 9.17) is 27.9 Å². The fourth-order valence-corrected chi connectivity index (χ4v) is 3.97. The number of fused-ring (bicyclic) bond motifs is 1. The summed E-state index contributed by atoms with van der Waals surface area (Å²) in [5.41, 5.74) is 4.83. The number of rotatable bonds is 4. The zero-order valence-corrected chi connectivity index (χ0v) is 16.6. The van der Waals surface area contributed by atoms with E-state index in [-0.39, 0.29) is 5.97 Å². The zero-order chi connectivity index (χ0) is 19.7. The average Bonchev–Trinajstić information content (AvgIpc) is 3.08. The van der Waals surface area contributed by atoms with Crippen molar-refractivity contribution in [3.8, 4) is 22.3 Å². The second-order valence-electron chi connectivity index (χ2n) is 6.35. The molecule has 0 aliphatic heterocycles. The maximum absolute atomic E-state index is 12.7. The minimum atomic E-state index is -0.382. The molecule has 1 heterocycles. The Morgan fingerprint density at radius 2 is 1.64 bits per heavy atom. The van der Waals surface area contributed by atoms with Gasteiger partial charge in [-0.1, -0.05) is 65.7 Å². The van der Waals surface area contributed by atoms with Crippen LogP contribution in [0.4, 0.5) is 0 Å². The molecule has 4 aromatic rings. The van der Waals surface area contributed by atoms with Crippen LogP contribution in [0.25, 0.3) is 33.2 Å². The number of nitrogens with one attached hydrogen (secondary N) is 1. The predicted molar refractivity (Wildman–Crippen MR) is 115 cm³/mol. The summed E-state index contributed by atoms with van der Waals surface area (Å²) in [7, 11) is 0. The van der Waals surface area contributed by atoms with Crippen molar-refractivity contribution in [1.82, 2.24) is 4.98 Å². The summed E-state index contributed by atoms with van der Waals surface area (Å²) >= 11 is 12.5. The predicted octanol–water partition coefficient (Wildman–Crippen LogP) is 6.99. The van der Waals surface area contributed by atoms with Gasteiger partial charge in [-0.3, -0.25) is 0 Å². The lowest BCUT2D eigenvalue weighted by Crippen LogP contribution is -2.06. The van der Waals surface area contributed by atoms with Crippen molar-refractivity contribution in [1.29, 1.82) is 0 Å². The summed E-state index contributed by atoms with van der Waals surface area (Å²) in [6, 6.07) is 21.1. The van der Waals surface area contributed by atoms with E-state index < -0.39 is 0 Å². The molecular formula is C23H17Cl2NO2. The second-order valence-corrected chi connectivity index (χ2v) is 7.22. The van der Waals surface area contributed by atoms with Gasteiger partial charge in [-0.05, 0) is 47.9 Å². The van der Waals surface area contributed by atoms with E-state index in [0.717, 1.165) is 33.2 Å². The molecule has 0 aliphatic carbocycles. The van der Waals surface area contributed by atoms with E-state index in [1.165, 1.54) is 0 Å². The topological polar surface area (TPSA) is 42.1 Å². The van der Waals surface area contributed by atoms with E-state index in [0.29, 0.717) is 22.3 Å². The molecule has 0 saturated carbocycles. The summed E-state index contributed by atoms with van der Waals surface area (Å²) in [4.78, 5) is 15.9. The van der Waals surface area contributed by atoms with Crippen LogP contribution >= 0.6 is 23.2 Å². The highest BCUT2D eigenvalue weighted by atomic mass is 35.5. The van der Waals surface area contributed by atoms with Crippen LogP contribution < -0.4 is 0 Å². The summed E-state index contributed by atoms with van der Waals surface area (Å²) in [6.07, 6.45) is 0. The van der Waals surface area contributed by atoms with Gasteiger partial charge in [0.1, 0.15) is 5.69 Å². The SMILES string of the molecule is CCOC(=O)c1[nH]c2cccc(-c3cc(Cl)cc(Cl)c3)c2c1-c1ccccc1. The van der Waals surface area contributed by atoms with Crippen molar-refractivity contribution in [2.24, 2.45) is 0 Å². The maximum atomic E-state index is 12.7. The smallest absolute Gasteiger partial charge is 0.355 e. The molecule has 1 N–H and O–H groups in total. The number of carbonyl (C=O) groups is 1. The van der Waals surface area contributed by atoms with Crippen LogP contribution in [-0.2, 0) is 4.74 Å². The number of halogens is 2. The summed E-state index contributed by atoms with van der Waals surface area (Å²) in [6.45, 7) is 2.10. The molecule has 0 saturated heterocycles. The van der Waals surface area contributed by atoms with E-state index in [2.05, 4.69) is 4.98 Å². The largest absolute Gasteiger partial charge is 0.461 e. The fraction of sp³-hybridized carbons (Fsp3) is 0.0870. The van der Waals surface area contributed by atoms with Crippen LogP contribution in [0.5, 0.6) is 0 Å². The average molecular weight is 410 g/mol. The number of H-pyrrole nitrogens is 1. The minimum absolute atomic E-state index is 0.305. The van der Waals surface area contributed by atoms with Gasteiger partial charge in [0.2, 0.25) is 0 Å². The van der Waals surface area contributed by atoms with Gasteiger partial charge >= 0.3 is 5.97 Å². The number of ether oxygens (including phenoxy) is 1. The number of carbonyl (C=O) groups excluding carboxylic acids is 1. The maximum Gasteiger partial charge on any atom is 0.355 e. The molecule has 5 heteroatoms. The molecule has 3 aromatic carbocycles. The van der Waals surface area contributed by atoms with Crippen molar-refractivity contribution < 1.29 is 9.53 Å². The zero-order valence-electron chi connectivity index (χ0n) is 15.1. The molecule has 0 amide bonds. The molecule has 0 fully saturated rings. The van der Waals surface area contributed by atoms with E-state index in [1.54, 1.807) is 13.0 Å². The van der Waals surface area contributed by atoms with Gasteiger partial charge in [0.15, 0.2) is 0 Å². The molecular weight excluding hydrogens is 393 g/mol. The molecule has 4 rings (SSSR count). The van der Waals surface area contributed by atoms with Crippen LogP contribution in [0.2, 0.25) is 10.0 Å². The highest BCUT2D eigenvalue weighted by Crippen LogP contribution is 2.40. The number of aromatic amines is 1. The van der Waals surface area contributed by atoms with Crippen molar-refractivity contribution in [3.63, 3.8) is 0 Å². The lowest BCUT2D eigenvalue weighted by atomic mass is 9.95. The molecule has 1 aromatic heterocycles. The van der Waals surface area contributed by atoms with Crippen LogP contribution in [0.3, 0.4) is 0 Å². The summed E-state index contributed by atoms with van der Waals surface area (Å²) < 4.78 is 5.29. The van der Waals surface area contributed by atoms with Crippen molar-refractivity contribution in [3.05, 3.63) is 82.5 Å². The lowest BCUT2D eigenvalue weighted by Gasteiger charge is -2.09. The van der Waals surface area contributed by atoms with Gasteiger partial charge in [-0.25, -0.2) is 4.79 Å². The standard InChI is InChI=1S/C23H17Cl2NO2/c1-2-28-23(27)22-20(14-7-4-3-5-8-14)21-18(9-6-10-19(21)26-22)15-11-16(24)13-17(25)12-15/h3-13,26H,2H2,1H3. The Balaban J connectivity index is 2.07. The van der Waals surface area contributed by atoms with Gasteiger partial charge in [0, 0.05) is 26.5 Å². The number of hydrogen-bond acceptors (Lipinski definition) is 2. The van der Waals surface area contributed by atoms with Gasteiger partial charge in [0.05, 0.1) is 6.61 Å². The van der Waals surface area contributed by atoms with Crippen LogP contribution in [0, 0.1) is 0 Å². The molecule has 0 aliphatic rings. The Kier molecular flexibility index (Phi) is 5.12. The van der Waals surface area contributed by atoms with Crippen LogP contribution in [0.1, 0.15) is 17.4 Å². The van der Waals surface area contributed by atoms with Crippen molar-refractivity contribution in [2.45, 2.75) is 6.92 Å². The van der Waals surface area contributed by atoms with E-state index in [9.17, 15) is 4.79 Å². The molecule has 0 unspecified atom stereocenters. The monoisotopic (exact) mass is 409 g/mol. The third-order valence-corrected chi connectivity index (χ3v) is 4.98. The minimum Gasteiger partial charge on any atom is -0.461 e. The normalized spacial score (nSPS) is 11.0. The number of benzene rings is 3. The van der Waals surface area contributed by atoms with Gasteiger partial charge in [0.25, 0.3) is 0 Å². The lowest BCUT2D eigenvalue weighted by molar-refractivity contribution is 0.0521. The molecule has 0 bridgehead atoms. The number of esters is 1. The fourth-order valence-electron chi connectivity index (χ4n) is 3.45. The van der Waals surface area contributed by atoms with Crippen LogP contribution in [-0.4, -0.2) is 17.6 Å². The summed E-state index contributed by atoms with van der Waals surface area (Å²) in [5.74, 6) is -0.382. The summed E-state index contributed by atoms with van der Waals surface area (Å²) in [5, 5.41) is 2.04. The first-order valence-corrected chi connectivity index (χ1v) is 9.67. The van der Waals surface area contributed by atoms with Crippen molar-refractivity contribution >= 4 is 40.1 Å². The Morgan fingerprint density at radius 1 is 0.929 bits per heavy atom. The van der Waals surface area contributed by atoms with E-state index in [1.807, 2.05) is 60.7 Å². The first-order chi connectivity index (χ1) is 13.6. The molecule has 140 valence electrons. The number of hydrogen-bond donors (Lipinski definition) is 1. The Labute approximate surface area is 172 Å². The van der Waals surface area contributed by atoms with Crippen molar-refractivity contribution in [2.75, 3.05) is 6.61 Å². The van der Waals surface area contributed by atoms with Gasteiger partial charge in [-0.2, -0.15) is 0 Å². The second kappa shape index (κ2) is 7.70. The Bertz CT molecular complexity index is 1150. The molecule has 3 nitrogen and oxygen atoms in total. The van der Waals surface area contributed by atoms with Crippen LogP contribution in [0.15, 0.2) is 66.7 Å². The number of aromatic nitrogens is 1. The molecule has 0 radical (unpaired) electrons. The highest BCUT2D eigenvalue weighted by Gasteiger charge is 2.22. The highest BCUT2D eigenvalue weighted by molar-refractivity contribution is 6.35. The molecule has 28 heavy (non-hydrogen) atoms. The third kappa shape index (κ3) is 3.39. The first kappa shape index (κ1) is 18.6. The van der Waals surface area contributed by atoms with E-state index >= 15 is 0 Å². The molecule has 0 spiro atoms. The third-order valence-electron chi connectivity index (χ3n) is 4.54. The Hall–Kier alpha value is -2.75.